The molecule has 0 bridgehead atoms. The van der Waals surface area contributed by atoms with E-state index in [1.54, 1.807) is 0 Å². The monoisotopic (exact) mass is 218 g/mol. The number of rotatable bonds is 3. The molecule has 4 heteroatoms. The van der Waals surface area contributed by atoms with E-state index in [2.05, 4.69) is 0 Å². The number of halogens is 1. The number of thiophene rings is 1. The zero-order chi connectivity index (χ0) is 10.0. The molecule has 1 aromatic rings. The van der Waals surface area contributed by atoms with Crippen molar-refractivity contribution in [2.75, 3.05) is 0 Å². The molecule has 0 spiro atoms. The predicted molar refractivity (Wildman–Crippen MR) is 54.7 cm³/mol. The molecule has 0 aliphatic rings. The van der Waals surface area contributed by atoms with Crippen LogP contribution in [0.4, 0.5) is 0 Å². The van der Waals surface area contributed by atoms with E-state index >= 15 is 0 Å². The van der Waals surface area contributed by atoms with Crippen LogP contribution in [0, 0.1) is 6.92 Å². The molecule has 1 N–H and O–H groups in total. The van der Waals surface area contributed by atoms with Crippen molar-refractivity contribution in [3.63, 3.8) is 0 Å². The predicted octanol–water partition coefficient (Wildman–Crippen LogP) is 3.29. The largest absolute Gasteiger partial charge is 0.481 e. The van der Waals surface area contributed by atoms with Crippen LogP contribution in [0.3, 0.4) is 0 Å². The van der Waals surface area contributed by atoms with E-state index in [-0.39, 0.29) is 0 Å². The molecule has 1 rings (SSSR count). The molecule has 1 unspecified atom stereocenters. The van der Waals surface area contributed by atoms with Gasteiger partial charge in [-0.25, -0.2) is 0 Å². The Balaban J connectivity index is 3.04. The molecule has 72 valence electrons. The summed E-state index contributed by atoms with van der Waals surface area (Å²) in [4.78, 5) is 12.7. The molecule has 0 amide bonds. The van der Waals surface area contributed by atoms with Gasteiger partial charge in [-0.15, -0.1) is 11.3 Å². The maximum Gasteiger partial charge on any atom is 0.311 e. The van der Waals surface area contributed by atoms with Crippen LogP contribution in [0.2, 0.25) is 5.02 Å². The Morgan fingerprint density at radius 2 is 2.38 bits per heavy atom. The van der Waals surface area contributed by atoms with E-state index in [0.717, 1.165) is 9.75 Å². The van der Waals surface area contributed by atoms with Gasteiger partial charge in [0, 0.05) is 9.75 Å². The fraction of sp³-hybridized carbons (Fsp3) is 0.444. The summed E-state index contributed by atoms with van der Waals surface area (Å²) in [6.07, 6.45) is 0.578. The summed E-state index contributed by atoms with van der Waals surface area (Å²) >= 11 is 7.37. The molecule has 0 aliphatic carbocycles. The minimum atomic E-state index is -0.800. The molecule has 2 nitrogen and oxygen atoms in total. The van der Waals surface area contributed by atoms with E-state index in [1.165, 1.54) is 11.3 Å². The summed E-state index contributed by atoms with van der Waals surface area (Å²) < 4.78 is 0. The third-order valence-electron chi connectivity index (χ3n) is 1.86. The highest BCUT2D eigenvalue weighted by atomic mass is 35.5. The third-order valence-corrected chi connectivity index (χ3v) is 3.45. The lowest BCUT2D eigenvalue weighted by Gasteiger charge is -2.06. The Bertz CT molecular complexity index is 319. The third kappa shape index (κ3) is 2.23. The first kappa shape index (κ1) is 10.5. The average Bonchev–Trinajstić information content (AvgIpc) is 2.31. The summed E-state index contributed by atoms with van der Waals surface area (Å²) in [7, 11) is 0. The van der Waals surface area contributed by atoms with Gasteiger partial charge in [-0.1, -0.05) is 18.5 Å². The maximum atomic E-state index is 10.8. The van der Waals surface area contributed by atoms with E-state index < -0.39 is 11.9 Å². The highest BCUT2D eigenvalue weighted by Gasteiger charge is 2.22. The highest BCUT2D eigenvalue weighted by Crippen LogP contribution is 2.34. The number of hydrogen-bond acceptors (Lipinski definition) is 2. The molecular weight excluding hydrogens is 208 g/mol. The number of carboxylic acids is 1. The number of aliphatic carboxylic acids is 1. The van der Waals surface area contributed by atoms with E-state index in [1.807, 2.05) is 19.9 Å². The van der Waals surface area contributed by atoms with Crippen molar-refractivity contribution >= 4 is 28.9 Å². The van der Waals surface area contributed by atoms with Crippen molar-refractivity contribution in [2.24, 2.45) is 0 Å². The van der Waals surface area contributed by atoms with E-state index in [4.69, 9.17) is 16.7 Å². The Morgan fingerprint density at radius 3 is 2.69 bits per heavy atom. The zero-order valence-corrected chi connectivity index (χ0v) is 9.08. The normalized spacial score (nSPS) is 12.8. The van der Waals surface area contributed by atoms with Crippen molar-refractivity contribution in [3.05, 3.63) is 20.8 Å². The molecule has 1 heterocycles. The van der Waals surface area contributed by atoms with Gasteiger partial charge in [0.1, 0.15) is 0 Å². The first-order valence-corrected chi connectivity index (χ1v) is 5.24. The molecule has 0 saturated heterocycles. The van der Waals surface area contributed by atoms with Crippen LogP contribution in [0.5, 0.6) is 0 Å². The molecule has 0 aromatic carbocycles. The zero-order valence-electron chi connectivity index (χ0n) is 7.50. The summed E-state index contributed by atoms with van der Waals surface area (Å²) in [5, 5.41) is 9.49. The molecule has 1 aromatic heterocycles. The van der Waals surface area contributed by atoms with E-state index in [9.17, 15) is 4.79 Å². The standard InChI is InChI=1S/C9H11ClO2S/c1-3-6(9(11)12)8-7(10)4-5(2)13-8/h4,6H,3H2,1-2H3,(H,11,12). The van der Waals surface area contributed by atoms with Gasteiger partial charge in [0.15, 0.2) is 0 Å². The average molecular weight is 219 g/mol. The quantitative estimate of drug-likeness (QED) is 0.846. The first-order chi connectivity index (χ1) is 6.06. The molecular formula is C9H11ClO2S. The molecule has 0 saturated carbocycles. The summed E-state index contributed by atoms with van der Waals surface area (Å²) in [6.45, 7) is 3.78. The summed E-state index contributed by atoms with van der Waals surface area (Å²) in [5.74, 6) is -1.25. The van der Waals surface area contributed by atoms with Crippen LogP contribution in [0.15, 0.2) is 6.07 Å². The van der Waals surface area contributed by atoms with Crippen LogP contribution < -0.4 is 0 Å². The lowest BCUT2D eigenvalue weighted by molar-refractivity contribution is -0.138. The minimum Gasteiger partial charge on any atom is -0.481 e. The highest BCUT2D eigenvalue weighted by molar-refractivity contribution is 7.12. The second-order valence-electron chi connectivity index (χ2n) is 2.87. The van der Waals surface area contributed by atoms with Gasteiger partial charge < -0.3 is 5.11 Å². The van der Waals surface area contributed by atoms with Gasteiger partial charge in [0.05, 0.1) is 10.9 Å². The lowest BCUT2D eigenvalue weighted by Crippen LogP contribution is -2.09. The van der Waals surface area contributed by atoms with Crippen LogP contribution in [-0.4, -0.2) is 11.1 Å². The molecule has 0 aliphatic heterocycles. The summed E-state index contributed by atoms with van der Waals surface area (Å²) in [5.41, 5.74) is 0. The Morgan fingerprint density at radius 1 is 1.77 bits per heavy atom. The van der Waals surface area contributed by atoms with Crippen LogP contribution in [0.25, 0.3) is 0 Å². The Hall–Kier alpha value is -0.540. The topological polar surface area (TPSA) is 37.3 Å². The number of hydrogen-bond donors (Lipinski definition) is 1. The second-order valence-corrected chi connectivity index (χ2v) is 4.56. The molecule has 13 heavy (non-hydrogen) atoms. The van der Waals surface area contributed by atoms with Crippen molar-refractivity contribution in [2.45, 2.75) is 26.2 Å². The van der Waals surface area contributed by atoms with Crippen molar-refractivity contribution in [1.29, 1.82) is 0 Å². The van der Waals surface area contributed by atoms with Gasteiger partial charge in [0.2, 0.25) is 0 Å². The summed E-state index contributed by atoms with van der Waals surface area (Å²) in [6, 6.07) is 1.81. The second kappa shape index (κ2) is 4.11. The van der Waals surface area contributed by atoms with Crippen molar-refractivity contribution in [1.82, 2.24) is 0 Å². The molecule has 0 radical (unpaired) electrons. The lowest BCUT2D eigenvalue weighted by atomic mass is 10.1. The first-order valence-electron chi connectivity index (χ1n) is 4.05. The fourth-order valence-electron chi connectivity index (χ4n) is 1.21. The van der Waals surface area contributed by atoms with Gasteiger partial charge in [-0.3, -0.25) is 4.79 Å². The smallest absolute Gasteiger partial charge is 0.311 e. The van der Waals surface area contributed by atoms with Crippen LogP contribution in [-0.2, 0) is 4.79 Å². The minimum absolute atomic E-state index is 0.453. The molecule has 0 fully saturated rings. The molecule has 1 atom stereocenters. The SMILES string of the molecule is CCC(C(=O)O)c1sc(C)cc1Cl. The Kier molecular flexibility index (Phi) is 3.33. The van der Waals surface area contributed by atoms with Gasteiger partial charge in [0.25, 0.3) is 0 Å². The number of carboxylic acid groups (broad SMARTS) is 1. The fourth-order valence-corrected chi connectivity index (χ4v) is 2.78. The van der Waals surface area contributed by atoms with Crippen molar-refractivity contribution < 1.29 is 9.90 Å². The number of aryl methyl sites for hydroxylation is 1. The Labute approximate surface area is 86.2 Å². The van der Waals surface area contributed by atoms with Gasteiger partial charge >= 0.3 is 5.97 Å². The van der Waals surface area contributed by atoms with Crippen LogP contribution >= 0.6 is 22.9 Å². The maximum absolute atomic E-state index is 10.8. The van der Waals surface area contributed by atoms with Crippen molar-refractivity contribution in [3.8, 4) is 0 Å². The van der Waals surface area contributed by atoms with Gasteiger partial charge in [-0.2, -0.15) is 0 Å². The van der Waals surface area contributed by atoms with E-state index in [0.29, 0.717) is 11.4 Å². The van der Waals surface area contributed by atoms with Gasteiger partial charge in [-0.05, 0) is 19.4 Å². The number of carbonyl (C=O) groups is 1. The van der Waals surface area contributed by atoms with Crippen LogP contribution in [0.1, 0.15) is 29.0 Å².